The number of carboxylic acids is 1. The van der Waals surface area contributed by atoms with Gasteiger partial charge in [-0.1, -0.05) is 0 Å². The van der Waals surface area contributed by atoms with E-state index >= 15 is 0 Å². The molecule has 0 radical (unpaired) electrons. The van der Waals surface area contributed by atoms with Crippen LogP contribution in [0, 0.1) is 5.92 Å². The highest BCUT2D eigenvalue weighted by Gasteiger charge is 2.30. The zero-order chi connectivity index (χ0) is 13.0. The zero-order valence-electron chi connectivity index (χ0n) is 10.1. The van der Waals surface area contributed by atoms with E-state index in [0.717, 1.165) is 12.2 Å². The summed E-state index contributed by atoms with van der Waals surface area (Å²) in [6, 6.07) is 3.64. The summed E-state index contributed by atoms with van der Waals surface area (Å²) in [6.45, 7) is 0. The lowest BCUT2D eigenvalue weighted by molar-refractivity contribution is -0.141. The fraction of sp³-hybridized carbons (Fsp3) is 0.538. The van der Waals surface area contributed by atoms with Gasteiger partial charge in [0.2, 0.25) is 5.91 Å². The van der Waals surface area contributed by atoms with Crippen molar-refractivity contribution in [2.45, 2.75) is 38.1 Å². The first-order chi connectivity index (χ1) is 8.65. The lowest BCUT2D eigenvalue weighted by atomic mass is 10.1. The van der Waals surface area contributed by atoms with Crippen LogP contribution in [-0.4, -0.2) is 23.0 Å². The molecular formula is C13H17NO4. The van der Waals surface area contributed by atoms with Crippen molar-refractivity contribution in [1.82, 2.24) is 5.32 Å². The highest BCUT2D eigenvalue weighted by Crippen LogP contribution is 2.25. The molecule has 1 saturated carbocycles. The third kappa shape index (κ3) is 3.35. The van der Waals surface area contributed by atoms with Crippen LogP contribution in [-0.2, 0) is 16.0 Å². The Morgan fingerprint density at radius 1 is 1.44 bits per heavy atom. The molecule has 18 heavy (non-hydrogen) atoms. The largest absolute Gasteiger partial charge is 0.481 e. The zero-order valence-corrected chi connectivity index (χ0v) is 10.1. The molecule has 5 heteroatoms. The van der Waals surface area contributed by atoms with Gasteiger partial charge in [-0.3, -0.25) is 9.59 Å². The van der Waals surface area contributed by atoms with Crippen molar-refractivity contribution in [1.29, 1.82) is 0 Å². The van der Waals surface area contributed by atoms with E-state index in [0.29, 0.717) is 25.7 Å². The molecule has 0 aromatic carbocycles. The van der Waals surface area contributed by atoms with E-state index in [4.69, 9.17) is 9.52 Å². The quantitative estimate of drug-likeness (QED) is 0.832. The normalized spacial score (nSPS) is 22.9. The second kappa shape index (κ2) is 5.71. The van der Waals surface area contributed by atoms with Crippen LogP contribution in [0.25, 0.3) is 0 Å². The molecule has 1 aliphatic rings. The second-order valence-corrected chi connectivity index (χ2v) is 4.69. The number of aliphatic carboxylic acids is 1. The molecule has 0 unspecified atom stereocenters. The third-order valence-corrected chi connectivity index (χ3v) is 3.33. The van der Waals surface area contributed by atoms with Gasteiger partial charge in [0.25, 0.3) is 0 Å². The molecule has 1 aromatic rings. The van der Waals surface area contributed by atoms with Gasteiger partial charge in [0, 0.05) is 18.9 Å². The van der Waals surface area contributed by atoms with Gasteiger partial charge in [0.05, 0.1) is 12.2 Å². The van der Waals surface area contributed by atoms with Crippen LogP contribution in [0.4, 0.5) is 0 Å². The Morgan fingerprint density at radius 3 is 2.89 bits per heavy atom. The Kier molecular flexibility index (Phi) is 4.02. The fourth-order valence-electron chi connectivity index (χ4n) is 2.33. The van der Waals surface area contributed by atoms with E-state index in [1.807, 2.05) is 6.07 Å². The summed E-state index contributed by atoms with van der Waals surface area (Å²) < 4.78 is 5.14. The molecule has 0 aliphatic heterocycles. The second-order valence-electron chi connectivity index (χ2n) is 4.69. The number of furan rings is 1. The van der Waals surface area contributed by atoms with Gasteiger partial charge in [-0.15, -0.1) is 0 Å². The minimum atomic E-state index is -0.762. The summed E-state index contributed by atoms with van der Waals surface area (Å²) in [6.07, 6.45) is 4.49. The molecule has 0 spiro atoms. The SMILES string of the molecule is O=C(CCc1ccco1)N[C@H]1CC[C@@H](C(=O)O)C1. The van der Waals surface area contributed by atoms with Crippen molar-refractivity contribution >= 4 is 11.9 Å². The van der Waals surface area contributed by atoms with Gasteiger partial charge >= 0.3 is 5.97 Å². The summed E-state index contributed by atoms with van der Waals surface area (Å²) in [7, 11) is 0. The summed E-state index contributed by atoms with van der Waals surface area (Å²) in [5.74, 6) is -0.315. The monoisotopic (exact) mass is 251 g/mol. The van der Waals surface area contributed by atoms with Gasteiger partial charge in [0.15, 0.2) is 0 Å². The maximum absolute atomic E-state index is 11.7. The number of amides is 1. The average Bonchev–Trinajstić information content (AvgIpc) is 2.96. The van der Waals surface area contributed by atoms with Gasteiger partial charge in [-0.2, -0.15) is 0 Å². The lowest BCUT2D eigenvalue weighted by Gasteiger charge is -2.11. The Morgan fingerprint density at radius 2 is 2.28 bits per heavy atom. The molecule has 2 atom stereocenters. The van der Waals surface area contributed by atoms with Gasteiger partial charge in [-0.05, 0) is 31.4 Å². The van der Waals surface area contributed by atoms with Crippen molar-refractivity contribution in [3.05, 3.63) is 24.2 Å². The van der Waals surface area contributed by atoms with Crippen LogP contribution in [0.5, 0.6) is 0 Å². The summed E-state index contributed by atoms with van der Waals surface area (Å²) in [4.78, 5) is 22.5. The molecule has 1 fully saturated rings. The Labute approximate surface area is 105 Å². The summed E-state index contributed by atoms with van der Waals surface area (Å²) in [5.41, 5.74) is 0. The van der Waals surface area contributed by atoms with Crippen molar-refractivity contribution in [2.75, 3.05) is 0 Å². The van der Waals surface area contributed by atoms with Crippen LogP contribution in [0.3, 0.4) is 0 Å². The van der Waals surface area contributed by atoms with Gasteiger partial charge in [-0.25, -0.2) is 0 Å². The fourth-order valence-corrected chi connectivity index (χ4v) is 2.33. The first kappa shape index (κ1) is 12.7. The Bertz CT molecular complexity index is 413. The molecule has 1 aliphatic carbocycles. The van der Waals surface area contributed by atoms with E-state index in [1.54, 1.807) is 12.3 Å². The van der Waals surface area contributed by atoms with E-state index in [-0.39, 0.29) is 17.9 Å². The molecule has 1 aromatic heterocycles. The average molecular weight is 251 g/mol. The van der Waals surface area contributed by atoms with Crippen LogP contribution in [0.15, 0.2) is 22.8 Å². The smallest absolute Gasteiger partial charge is 0.306 e. The Balaban J connectivity index is 1.70. The van der Waals surface area contributed by atoms with Crippen LogP contribution >= 0.6 is 0 Å². The third-order valence-electron chi connectivity index (χ3n) is 3.33. The number of hydrogen-bond acceptors (Lipinski definition) is 3. The Hall–Kier alpha value is -1.78. The van der Waals surface area contributed by atoms with E-state index < -0.39 is 5.97 Å². The first-order valence-corrected chi connectivity index (χ1v) is 6.19. The molecule has 1 heterocycles. The number of rotatable bonds is 5. The molecule has 2 N–H and O–H groups in total. The molecule has 0 saturated heterocycles. The number of aryl methyl sites for hydroxylation is 1. The van der Waals surface area contributed by atoms with Gasteiger partial charge in [0.1, 0.15) is 5.76 Å². The van der Waals surface area contributed by atoms with Crippen LogP contribution < -0.4 is 5.32 Å². The highest BCUT2D eigenvalue weighted by molar-refractivity contribution is 5.77. The van der Waals surface area contributed by atoms with E-state index in [9.17, 15) is 9.59 Å². The molecule has 2 rings (SSSR count). The minimum absolute atomic E-state index is 0.00945. The first-order valence-electron chi connectivity index (χ1n) is 6.19. The predicted molar refractivity (Wildman–Crippen MR) is 63.9 cm³/mol. The van der Waals surface area contributed by atoms with E-state index in [2.05, 4.69) is 5.32 Å². The lowest BCUT2D eigenvalue weighted by Crippen LogP contribution is -2.33. The maximum atomic E-state index is 11.7. The highest BCUT2D eigenvalue weighted by atomic mass is 16.4. The minimum Gasteiger partial charge on any atom is -0.481 e. The van der Waals surface area contributed by atoms with E-state index in [1.165, 1.54) is 0 Å². The van der Waals surface area contributed by atoms with Crippen molar-refractivity contribution < 1.29 is 19.1 Å². The number of carboxylic acid groups (broad SMARTS) is 1. The number of hydrogen-bond donors (Lipinski definition) is 2. The summed E-state index contributed by atoms with van der Waals surface area (Å²) >= 11 is 0. The van der Waals surface area contributed by atoms with Crippen molar-refractivity contribution in [3.63, 3.8) is 0 Å². The number of carbonyl (C=O) groups excluding carboxylic acids is 1. The number of nitrogens with one attached hydrogen (secondary N) is 1. The molecular weight excluding hydrogens is 234 g/mol. The summed E-state index contributed by atoms with van der Waals surface area (Å²) in [5, 5.41) is 11.8. The van der Waals surface area contributed by atoms with Crippen molar-refractivity contribution in [3.8, 4) is 0 Å². The van der Waals surface area contributed by atoms with Crippen molar-refractivity contribution in [2.24, 2.45) is 5.92 Å². The molecule has 1 amide bonds. The van der Waals surface area contributed by atoms with Gasteiger partial charge < -0.3 is 14.8 Å². The molecule has 0 bridgehead atoms. The topological polar surface area (TPSA) is 79.5 Å². The molecule has 98 valence electrons. The standard InChI is InChI=1S/C13H17NO4/c15-12(6-5-11-2-1-7-18-11)14-10-4-3-9(8-10)13(16)17/h1-2,7,9-10H,3-6,8H2,(H,14,15)(H,16,17)/t9-,10+/m1/s1. The van der Waals surface area contributed by atoms with Crippen LogP contribution in [0.2, 0.25) is 0 Å². The molecule has 5 nitrogen and oxygen atoms in total. The van der Waals surface area contributed by atoms with Crippen LogP contribution in [0.1, 0.15) is 31.4 Å². The maximum Gasteiger partial charge on any atom is 0.306 e. The predicted octanol–water partition coefficient (Wildman–Crippen LogP) is 1.58. The number of carbonyl (C=O) groups is 2.